The number of carbonyl (C=O) groups excluding carboxylic acids is 1. The highest BCUT2D eigenvalue weighted by Gasteiger charge is 2.18. The first kappa shape index (κ1) is 12.5. The molecule has 4 nitrogen and oxygen atoms in total. The van der Waals surface area contributed by atoms with E-state index < -0.39 is 0 Å². The molecular weight excluding hydrogens is 192 g/mol. The summed E-state index contributed by atoms with van der Waals surface area (Å²) in [6.07, 6.45) is 3.80. The molecule has 1 saturated heterocycles. The van der Waals surface area contributed by atoms with E-state index in [4.69, 9.17) is 4.74 Å². The average molecular weight is 214 g/mol. The number of nitrogens with one attached hydrogen (secondary N) is 2. The number of hydrogen-bond acceptors (Lipinski definition) is 3. The summed E-state index contributed by atoms with van der Waals surface area (Å²) in [7, 11) is 1.68. The van der Waals surface area contributed by atoms with Gasteiger partial charge in [-0.25, -0.2) is 0 Å². The maximum absolute atomic E-state index is 11.6. The van der Waals surface area contributed by atoms with Crippen molar-refractivity contribution in [3.63, 3.8) is 0 Å². The van der Waals surface area contributed by atoms with Crippen LogP contribution in [-0.2, 0) is 9.53 Å². The molecule has 0 aliphatic carbocycles. The molecule has 0 spiro atoms. The highest BCUT2D eigenvalue weighted by molar-refractivity contribution is 5.76. The average Bonchev–Trinajstić information content (AvgIpc) is 2.67. The smallest absolute Gasteiger partial charge is 0.221 e. The van der Waals surface area contributed by atoms with Gasteiger partial charge in [0, 0.05) is 32.2 Å². The van der Waals surface area contributed by atoms with Gasteiger partial charge in [-0.3, -0.25) is 4.79 Å². The van der Waals surface area contributed by atoms with Gasteiger partial charge in [-0.15, -0.1) is 0 Å². The van der Waals surface area contributed by atoms with Gasteiger partial charge >= 0.3 is 0 Å². The second kappa shape index (κ2) is 6.80. The van der Waals surface area contributed by atoms with Crippen LogP contribution in [0.4, 0.5) is 0 Å². The zero-order valence-corrected chi connectivity index (χ0v) is 9.71. The van der Waals surface area contributed by atoms with E-state index >= 15 is 0 Å². The molecule has 0 radical (unpaired) electrons. The molecule has 0 aromatic heterocycles. The van der Waals surface area contributed by atoms with E-state index in [0.717, 1.165) is 19.4 Å². The van der Waals surface area contributed by atoms with Crippen LogP contribution in [0, 0.1) is 0 Å². The predicted molar refractivity (Wildman–Crippen MR) is 59.7 cm³/mol. The number of amides is 1. The normalized spacial score (nSPS) is 22.7. The Morgan fingerprint density at radius 2 is 2.47 bits per heavy atom. The number of carbonyl (C=O) groups is 1. The Morgan fingerprint density at radius 1 is 1.67 bits per heavy atom. The largest absolute Gasteiger partial charge is 0.385 e. The van der Waals surface area contributed by atoms with Crippen molar-refractivity contribution >= 4 is 5.91 Å². The van der Waals surface area contributed by atoms with Crippen molar-refractivity contribution in [3.8, 4) is 0 Å². The van der Waals surface area contributed by atoms with Gasteiger partial charge in [0.2, 0.25) is 5.91 Å². The lowest BCUT2D eigenvalue weighted by atomic mass is 10.1. The third kappa shape index (κ3) is 5.14. The van der Waals surface area contributed by atoms with Crippen LogP contribution in [0.15, 0.2) is 0 Å². The molecule has 0 bridgehead atoms. The van der Waals surface area contributed by atoms with Crippen molar-refractivity contribution in [2.45, 2.75) is 44.7 Å². The lowest BCUT2D eigenvalue weighted by molar-refractivity contribution is -0.122. The molecule has 1 aliphatic rings. The van der Waals surface area contributed by atoms with Gasteiger partial charge in [0.1, 0.15) is 0 Å². The maximum atomic E-state index is 11.6. The summed E-state index contributed by atoms with van der Waals surface area (Å²) in [5.41, 5.74) is 0. The first-order valence-corrected chi connectivity index (χ1v) is 5.74. The first-order valence-electron chi connectivity index (χ1n) is 5.74. The quantitative estimate of drug-likeness (QED) is 0.683. The summed E-state index contributed by atoms with van der Waals surface area (Å²) in [6, 6.07) is 0.596. The molecular formula is C11H22N2O2. The molecule has 0 aromatic rings. The van der Waals surface area contributed by atoms with Crippen LogP contribution in [0.2, 0.25) is 0 Å². The van der Waals surface area contributed by atoms with E-state index in [-0.39, 0.29) is 11.9 Å². The molecule has 2 unspecified atom stereocenters. The van der Waals surface area contributed by atoms with Crippen LogP contribution in [0.1, 0.15) is 32.6 Å². The molecule has 2 N–H and O–H groups in total. The Bertz CT molecular complexity index is 191. The second-order valence-electron chi connectivity index (χ2n) is 4.25. The van der Waals surface area contributed by atoms with E-state index in [1.54, 1.807) is 7.11 Å². The minimum absolute atomic E-state index is 0.151. The van der Waals surface area contributed by atoms with Crippen molar-refractivity contribution in [1.29, 1.82) is 0 Å². The number of hydrogen-bond donors (Lipinski definition) is 2. The zero-order chi connectivity index (χ0) is 11.1. The zero-order valence-electron chi connectivity index (χ0n) is 9.71. The predicted octanol–water partition coefficient (Wildman–Crippen LogP) is 0.670. The molecule has 1 aliphatic heterocycles. The maximum Gasteiger partial charge on any atom is 0.221 e. The Morgan fingerprint density at radius 3 is 3.07 bits per heavy atom. The van der Waals surface area contributed by atoms with Gasteiger partial charge < -0.3 is 15.4 Å². The molecule has 2 atom stereocenters. The van der Waals surface area contributed by atoms with Crippen molar-refractivity contribution in [3.05, 3.63) is 0 Å². The third-order valence-electron chi connectivity index (χ3n) is 2.76. The first-order chi connectivity index (χ1) is 7.22. The van der Waals surface area contributed by atoms with Gasteiger partial charge in [-0.05, 0) is 32.7 Å². The molecule has 88 valence electrons. The number of rotatable bonds is 6. The highest BCUT2D eigenvalue weighted by Crippen LogP contribution is 2.08. The van der Waals surface area contributed by atoms with Gasteiger partial charge in [0.15, 0.2) is 0 Å². The Kier molecular flexibility index (Phi) is 5.65. The summed E-state index contributed by atoms with van der Waals surface area (Å²) in [5.74, 6) is 0.151. The molecule has 15 heavy (non-hydrogen) atoms. The number of methoxy groups -OCH3 is 1. The van der Waals surface area contributed by atoms with Crippen molar-refractivity contribution in [2.24, 2.45) is 0 Å². The van der Waals surface area contributed by atoms with E-state index in [1.807, 2.05) is 6.92 Å². The Balaban J connectivity index is 2.11. The topological polar surface area (TPSA) is 50.4 Å². The van der Waals surface area contributed by atoms with Gasteiger partial charge in [-0.1, -0.05) is 0 Å². The summed E-state index contributed by atoms with van der Waals surface area (Å²) < 4.78 is 4.96. The molecule has 1 amide bonds. The van der Waals surface area contributed by atoms with Crippen LogP contribution < -0.4 is 10.6 Å². The summed E-state index contributed by atoms with van der Waals surface area (Å²) >= 11 is 0. The van der Waals surface area contributed by atoms with Crippen LogP contribution in [0.25, 0.3) is 0 Å². The van der Waals surface area contributed by atoms with Crippen LogP contribution in [0.3, 0.4) is 0 Å². The minimum atomic E-state index is 0.151. The standard InChI is InChI=1S/C11H22N2O2/c1-9(5-7-15-2)13-11(14)8-10-4-3-6-12-10/h9-10,12H,3-8H2,1-2H3,(H,13,14). The van der Waals surface area contributed by atoms with E-state index in [9.17, 15) is 4.79 Å². The second-order valence-corrected chi connectivity index (χ2v) is 4.25. The lowest BCUT2D eigenvalue weighted by Gasteiger charge is -2.15. The van der Waals surface area contributed by atoms with E-state index in [0.29, 0.717) is 19.1 Å². The summed E-state index contributed by atoms with van der Waals surface area (Å²) in [6.45, 7) is 3.76. The Labute approximate surface area is 91.8 Å². The van der Waals surface area contributed by atoms with Crippen molar-refractivity contribution in [2.75, 3.05) is 20.3 Å². The van der Waals surface area contributed by atoms with Gasteiger partial charge in [0.05, 0.1) is 0 Å². The lowest BCUT2D eigenvalue weighted by Crippen LogP contribution is -2.37. The SMILES string of the molecule is COCCC(C)NC(=O)CC1CCCN1. The van der Waals surface area contributed by atoms with Crippen molar-refractivity contribution in [1.82, 2.24) is 10.6 Å². The van der Waals surface area contributed by atoms with E-state index in [2.05, 4.69) is 10.6 Å². The Hall–Kier alpha value is -0.610. The molecule has 0 aromatic carbocycles. The summed E-state index contributed by atoms with van der Waals surface area (Å²) in [5, 5.41) is 6.30. The molecule has 0 saturated carbocycles. The summed E-state index contributed by atoms with van der Waals surface area (Å²) in [4.78, 5) is 11.6. The van der Waals surface area contributed by atoms with E-state index in [1.165, 1.54) is 6.42 Å². The van der Waals surface area contributed by atoms with Gasteiger partial charge in [-0.2, -0.15) is 0 Å². The minimum Gasteiger partial charge on any atom is -0.385 e. The molecule has 1 heterocycles. The fourth-order valence-corrected chi connectivity index (χ4v) is 1.86. The van der Waals surface area contributed by atoms with Crippen molar-refractivity contribution < 1.29 is 9.53 Å². The monoisotopic (exact) mass is 214 g/mol. The molecule has 4 heteroatoms. The van der Waals surface area contributed by atoms with Gasteiger partial charge in [0.25, 0.3) is 0 Å². The third-order valence-corrected chi connectivity index (χ3v) is 2.76. The van der Waals surface area contributed by atoms with Crippen LogP contribution >= 0.6 is 0 Å². The molecule has 1 fully saturated rings. The van der Waals surface area contributed by atoms with Crippen LogP contribution in [0.5, 0.6) is 0 Å². The van der Waals surface area contributed by atoms with Crippen LogP contribution in [-0.4, -0.2) is 38.3 Å². The number of ether oxygens (including phenoxy) is 1. The molecule has 1 rings (SSSR count). The highest BCUT2D eigenvalue weighted by atomic mass is 16.5. The fraction of sp³-hybridized carbons (Fsp3) is 0.909. The fourth-order valence-electron chi connectivity index (χ4n) is 1.86.